The topological polar surface area (TPSA) is 67.4 Å². The summed E-state index contributed by atoms with van der Waals surface area (Å²) in [7, 11) is 0. The Kier molecular flexibility index (Phi) is 6.88. The summed E-state index contributed by atoms with van der Waals surface area (Å²) >= 11 is 3.29. The number of carbonyl (C=O) groups is 2. The second-order valence-electron chi connectivity index (χ2n) is 4.95. The highest BCUT2D eigenvalue weighted by Gasteiger charge is 2.16. The molecule has 0 saturated carbocycles. The van der Waals surface area contributed by atoms with Crippen molar-refractivity contribution < 1.29 is 23.1 Å². The number of hydrogen-bond donors (Lipinski definition) is 2. The predicted molar refractivity (Wildman–Crippen MR) is 91.3 cm³/mol. The number of hydrogen-bond acceptors (Lipinski definition) is 3. The zero-order valence-corrected chi connectivity index (χ0v) is 14.6. The van der Waals surface area contributed by atoms with Crippen LogP contribution in [0.15, 0.2) is 46.9 Å². The summed E-state index contributed by atoms with van der Waals surface area (Å²) in [6.45, 7) is -0.0570. The van der Waals surface area contributed by atoms with Crippen molar-refractivity contribution in [3.63, 3.8) is 0 Å². The van der Waals surface area contributed by atoms with E-state index in [1.165, 1.54) is 6.07 Å². The molecule has 25 heavy (non-hydrogen) atoms. The molecule has 0 aromatic heterocycles. The summed E-state index contributed by atoms with van der Waals surface area (Å²) in [4.78, 5) is 23.4. The van der Waals surface area contributed by atoms with Gasteiger partial charge in [-0.05, 0) is 36.4 Å². The van der Waals surface area contributed by atoms with Gasteiger partial charge in [-0.1, -0.05) is 22.0 Å². The van der Waals surface area contributed by atoms with Crippen molar-refractivity contribution in [2.75, 3.05) is 19.7 Å². The van der Waals surface area contributed by atoms with E-state index in [2.05, 4.69) is 26.6 Å². The highest BCUT2D eigenvalue weighted by Crippen LogP contribution is 2.15. The van der Waals surface area contributed by atoms with E-state index in [-0.39, 0.29) is 25.6 Å². The van der Waals surface area contributed by atoms with Crippen molar-refractivity contribution in [2.45, 2.75) is 0 Å². The van der Waals surface area contributed by atoms with Crippen LogP contribution in [0.2, 0.25) is 0 Å². The third kappa shape index (κ3) is 5.82. The Labute approximate surface area is 151 Å². The highest BCUT2D eigenvalue weighted by atomic mass is 79.9. The largest absolute Gasteiger partial charge is 0.484 e. The van der Waals surface area contributed by atoms with Crippen molar-refractivity contribution in [2.24, 2.45) is 0 Å². The van der Waals surface area contributed by atoms with Gasteiger partial charge in [0.15, 0.2) is 6.61 Å². The van der Waals surface area contributed by atoms with Crippen LogP contribution in [-0.2, 0) is 4.79 Å². The molecule has 2 aromatic rings. The molecule has 0 unspecified atom stereocenters. The lowest BCUT2D eigenvalue weighted by molar-refractivity contribution is -0.123. The number of rotatable bonds is 7. The molecule has 0 spiro atoms. The van der Waals surface area contributed by atoms with Crippen LogP contribution in [0.5, 0.6) is 5.75 Å². The molecule has 2 N–H and O–H groups in total. The van der Waals surface area contributed by atoms with Gasteiger partial charge in [0, 0.05) is 17.6 Å². The SMILES string of the molecule is O=C(COc1ccc(Br)cc1)NCCNC(=O)c1c(F)cccc1F. The van der Waals surface area contributed by atoms with E-state index in [4.69, 9.17) is 4.74 Å². The van der Waals surface area contributed by atoms with Gasteiger partial charge in [-0.3, -0.25) is 9.59 Å². The fourth-order valence-electron chi connectivity index (χ4n) is 1.91. The summed E-state index contributed by atoms with van der Waals surface area (Å²) in [5.74, 6) is -2.60. The normalized spacial score (nSPS) is 10.2. The van der Waals surface area contributed by atoms with Crippen molar-refractivity contribution in [1.82, 2.24) is 10.6 Å². The van der Waals surface area contributed by atoms with Gasteiger partial charge < -0.3 is 15.4 Å². The van der Waals surface area contributed by atoms with E-state index in [1.807, 2.05) is 0 Å². The molecule has 0 aliphatic heterocycles. The second-order valence-corrected chi connectivity index (χ2v) is 5.86. The smallest absolute Gasteiger partial charge is 0.258 e. The van der Waals surface area contributed by atoms with Gasteiger partial charge in [0.2, 0.25) is 0 Å². The Hall–Kier alpha value is -2.48. The number of nitrogens with one attached hydrogen (secondary N) is 2. The molecule has 5 nitrogen and oxygen atoms in total. The molecule has 0 atom stereocenters. The summed E-state index contributed by atoms with van der Waals surface area (Å²) in [5, 5.41) is 4.86. The van der Waals surface area contributed by atoms with Crippen LogP contribution in [0.4, 0.5) is 8.78 Å². The van der Waals surface area contributed by atoms with Crippen molar-refractivity contribution in [1.29, 1.82) is 0 Å². The van der Waals surface area contributed by atoms with Gasteiger partial charge in [0.25, 0.3) is 11.8 Å². The van der Waals surface area contributed by atoms with E-state index in [9.17, 15) is 18.4 Å². The highest BCUT2D eigenvalue weighted by molar-refractivity contribution is 9.10. The number of benzene rings is 2. The molecule has 2 aromatic carbocycles. The molecule has 0 aliphatic carbocycles. The molecule has 2 amide bonds. The quantitative estimate of drug-likeness (QED) is 0.686. The molecule has 0 fully saturated rings. The average molecular weight is 413 g/mol. The van der Waals surface area contributed by atoms with E-state index in [1.54, 1.807) is 24.3 Å². The summed E-state index contributed by atoms with van der Waals surface area (Å²) < 4.78 is 33.0. The van der Waals surface area contributed by atoms with Gasteiger partial charge in [0.05, 0.1) is 0 Å². The minimum Gasteiger partial charge on any atom is -0.484 e. The minimum absolute atomic E-state index is 0.0244. The van der Waals surface area contributed by atoms with Gasteiger partial charge >= 0.3 is 0 Å². The fourth-order valence-corrected chi connectivity index (χ4v) is 2.18. The average Bonchev–Trinajstić information content (AvgIpc) is 2.58. The number of carbonyl (C=O) groups excluding carboxylic acids is 2. The van der Waals surface area contributed by atoms with E-state index in [0.29, 0.717) is 5.75 Å². The molecule has 2 rings (SSSR count). The number of halogens is 3. The lowest BCUT2D eigenvalue weighted by atomic mass is 10.2. The molecule has 0 saturated heterocycles. The Morgan fingerprint density at radius 2 is 1.56 bits per heavy atom. The van der Waals surface area contributed by atoms with Crippen LogP contribution in [0, 0.1) is 11.6 Å². The molecular formula is C17H15BrF2N2O3. The predicted octanol–water partition coefficient (Wildman–Crippen LogP) is 2.65. The zero-order valence-electron chi connectivity index (χ0n) is 13.0. The summed E-state index contributed by atoms with van der Waals surface area (Å²) in [6, 6.07) is 10.2. The molecule has 8 heteroatoms. The Morgan fingerprint density at radius 3 is 2.20 bits per heavy atom. The first kappa shape index (κ1) is 18.9. The van der Waals surface area contributed by atoms with Gasteiger partial charge in [-0.2, -0.15) is 0 Å². The first-order valence-corrected chi connectivity index (χ1v) is 8.14. The van der Waals surface area contributed by atoms with Crippen LogP contribution in [0.3, 0.4) is 0 Å². The Morgan fingerprint density at radius 1 is 0.960 bits per heavy atom. The van der Waals surface area contributed by atoms with E-state index < -0.39 is 23.1 Å². The zero-order chi connectivity index (χ0) is 18.2. The number of amides is 2. The van der Waals surface area contributed by atoms with Crippen LogP contribution in [0.25, 0.3) is 0 Å². The maximum Gasteiger partial charge on any atom is 0.258 e. The van der Waals surface area contributed by atoms with Gasteiger partial charge in [-0.25, -0.2) is 8.78 Å². The minimum atomic E-state index is -0.940. The Balaban J connectivity index is 1.69. The van der Waals surface area contributed by atoms with Gasteiger partial charge in [0.1, 0.15) is 22.9 Å². The van der Waals surface area contributed by atoms with Crippen LogP contribution >= 0.6 is 15.9 Å². The van der Waals surface area contributed by atoms with Crippen molar-refractivity contribution in [3.05, 3.63) is 64.1 Å². The maximum atomic E-state index is 13.4. The van der Waals surface area contributed by atoms with E-state index >= 15 is 0 Å². The number of ether oxygens (including phenoxy) is 1. The molecule has 0 heterocycles. The lowest BCUT2D eigenvalue weighted by Gasteiger charge is -2.09. The third-order valence-electron chi connectivity index (χ3n) is 3.11. The molecule has 132 valence electrons. The van der Waals surface area contributed by atoms with Crippen LogP contribution < -0.4 is 15.4 Å². The van der Waals surface area contributed by atoms with Gasteiger partial charge in [-0.15, -0.1) is 0 Å². The molecule has 0 aliphatic rings. The fraction of sp³-hybridized carbons (Fsp3) is 0.176. The maximum absolute atomic E-state index is 13.4. The lowest BCUT2D eigenvalue weighted by Crippen LogP contribution is -2.37. The second kappa shape index (κ2) is 9.12. The van der Waals surface area contributed by atoms with Crippen LogP contribution in [-0.4, -0.2) is 31.5 Å². The molecular weight excluding hydrogens is 398 g/mol. The Bertz CT molecular complexity index is 734. The first-order chi connectivity index (χ1) is 12.0. The van der Waals surface area contributed by atoms with Crippen LogP contribution in [0.1, 0.15) is 10.4 Å². The summed E-state index contributed by atoms with van der Waals surface area (Å²) in [6.07, 6.45) is 0. The third-order valence-corrected chi connectivity index (χ3v) is 3.63. The van der Waals surface area contributed by atoms with Crippen molar-refractivity contribution in [3.8, 4) is 5.75 Å². The summed E-state index contributed by atoms with van der Waals surface area (Å²) in [5.41, 5.74) is -0.646. The molecule has 0 bridgehead atoms. The monoisotopic (exact) mass is 412 g/mol. The molecule has 0 radical (unpaired) electrons. The van der Waals surface area contributed by atoms with E-state index in [0.717, 1.165) is 16.6 Å². The first-order valence-electron chi connectivity index (χ1n) is 7.34. The standard InChI is InChI=1S/C17H15BrF2N2O3/c18-11-4-6-12(7-5-11)25-10-15(23)21-8-9-22-17(24)16-13(19)2-1-3-14(16)20/h1-7H,8-10H2,(H,21,23)(H,22,24). The van der Waals surface area contributed by atoms with Crippen molar-refractivity contribution >= 4 is 27.7 Å².